The van der Waals surface area contributed by atoms with Gasteiger partial charge in [-0.2, -0.15) is 0 Å². The Kier molecular flexibility index (Phi) is 6.63. The summed E-state index contributed by atoms with van der Waals surface area (Å²) in [5.74, 6) is -0.555. The first kappa shape index (κ1) is 22.4. The average Bonchev–Trinajstić information content (AvgIpc) is 2.58. The van der Waals surface area contributed by atoms with Crippen molar-refractivity contribution < 1.29 is 18.1 Å². The van der Waals surface area contributed by atoms with Crippen molar-refractivity contribution in [2.75, 3.05) is 15.9 Å². The quantitative estimate of drug-likeness (QED) is 0.543. The fourth-order valence-corrected chi connectivity index (χ4v) is 4.51. The highest BCUT2D eigenvalue weighted by Crippen LogP contribution is 2.28. The van der Waals surface area contributed by atoms with Gasteiger partial charge in [0.25, 0.3) is 5.69 Å². The molecule has 0 aliphatic carbocycles. The highest BCUT2D eigenvalue weighted by molar-refractivity contribution is 7.92. The molecule has 29 heavy (non-hydrogen) atoms. The molecule has 0 fully saturated rings. The van der Waals surface area contributed by atoms with Crippen LogP contribution in [0.4, 0.5) is 17.1 Å². The van der Waals surface area contributed by atoms with E-state index in [1.54, 1.807) is 25.1 Å². The second kappa shape index (κ2) is 8.60. The number of anilines is 2. The fraction of sp³-hybridized carbons (Fsp3) is 0.350. The number of aryl methyl sites for hydroxylation is 2. The van der Waals surface area contributed by atoms with E-state index in [-0.39, 0.29) is 17.8 Å². The molecule has 0 saturated carbocycles. The summed E-state index contributed by atoms with van der Waals surface area (Å²) in [6.45, 7) is 6.95. The van der Waals surface area contributed by atoms with Crippen LogP contribution in [0.5, 0.6) is 0 Å². The van der Waals surface area contributed by atoms with Crippen LogP contribution in [-0.4, -0.2) is 31.5 Å². The molecule has 0 radical (unpaired) electrons. The molecule has 1 amide bonds. The highest BCUT2D eigenvalue weighted by atomic mass is 32.2. The number of hydrogen-bond acceptors (Lipinski definition) is 5. The summed E-state index contributed by atoms with van der Waals surface area (Å²) in [7, 11) is -3.77. The van der Waals surface area contributed by atoms with Crippen molar-refractivity contribution in [2.45, 2.75) is 40.2 Å². The summed E-state index contributed by atoms with van der Waals surface area (Å²) in [4.78, 5) is 23.6. The van der Waals surface area contributed by atoms with E-state index in [9.17, 15) is 23.3 Å². The van der Waals surface area contributed by atoms with E-state index in [0.29, 0.717) is 11.3 Å². The second-order valence-corrected chi connectivity index (χ2v) is 8.88. The molecule has 2 aromatic rings. The lowest BCUT2D eigenvalue weighted by atomic mass is 10.1. The van der Waals surface area contributed by atoms with Crippen molar-refractivity contribution >= 4 is 33.0 Å². The first-order valence-corrected chi connectivity index (χ1v) is 10.9. The smallest absolute Gasteiger partial charge is 0.274 e. The number of nitro groups is 1. The molecule has 1 N–H and O–H groups in total. The summed E-state index contributed by atoms with van der Waals surface area (Å²) >= 11 is 0. The Morgan fingerprint density at radius 2 is 1.76 bits per heavy atom. The minimum Gasteiger partial charge on any atom is -0.324 e. The van der Waals surface area contributed by atoms with E-state index in [1.165, 1.54) is 19.1 Å². The number of carbonyl (C=O) groups is 1. The molecule has 0 bridgehead atoms. The van der Waals surface area contributed by atoms with Gasteiger partial charge in [0.1, 0.15) is 6.04 Å². The topological polar surface area (TPSA) is 110 Å². The van der Waals surface area contributed by atoms with E-state index in [1.807, 2.05) is 19.9 Å². The zero-order chi connectivity index (χ0) is 21.9. The van der Waals surface area contributed by atoms with Gasteiger partial charge < -0.3 is 5.32 Å². The lowest BCUT2D eigenvalue weighted by molar-refractivity contribution is -0.385. The Labute approximate surface area is 170 Å². The Morgan fingerprint density at radius 3 is 2.24 bits per heavy atom. The average molecular weight is 420 g/mol. The van der Waals surface area contributed by atoms with Crippen LogP contribution in [0.1, 0.15) is 30.0 Å². The molecule has 156 valence electrons. The van der Waals surface area contributed by atoms with E-state index in [2.05, 4.69) is 5.32 Å². The molecule has 9 heteroatoms. The standard InChI is InChI=1S/C20H25N3O5S/c1-6-18(20(24)21-17-8-7-9-19(15(17)4)23(25)26)22(29(5,27)28)16-11-13(2)10-14(3)12-16/h7-12,18H,6H2,1-5H3,(H,21,24)/t18-/m0/s1. The molecule has 2 rings (SSSR count). The Morgan fingerprint density at radius 1 is 1.17 bits per heavy atom. The maximum absolute atomic E-state index is 13.0. The van der Waals surface area contributed by atoms with Crippen molar-refractivity contribution in [3.05, 3.63) is 63.2 Å². The molecule has 0 spiro atoms. The van der Waals surface area contributed by atoms with Gasteiger partial charge in [-0.1, -0.05) is 19.1 Å². The molecule has 0 saturated heterocycles. The number of benzene rings is 2. The minimum absolute atomic E-state index is 0.120. The SMILES string of the molecule is CC[C@@H](C(=O)Nc1cccc([N+](=O)[O-])c1C)N(c1cc(C)cc(C)c1)S(C)(=O)=O. The van der Waals surface area contributed by atoms with Crippen LogP contribution in [0.2, 0.25) is 0 Å². The normalized spacial score (nSPS) is 12.3. The molecular formula is C20H25N3O5S. The van der Waals surface area contributed by atoms with Gasteiger partial charge in [0.15, 0.2) is 0 Å². The number of nitrogens with zero attached hydrogens (tertiary/aromatic N) is 2. The summed E-state index contributed by atoms with van der Waals surface area (Å²) in [6.07, 6.45) is 1.28. The van der Waals surface area contributed by atoms with Gasteiger partial charge in [0, 0.05) is 6.07 Å². The minimum atomic E-state index is -3.77. The third kappa shape index (κ3) is 5.11. The molecule has 1 atom stereocenters. The number of sulfonamides is 1. The molecule has 0 heterocycles. The number of nitrogens with one attached hydrogen (secondary N) is 1. The molecular weight excluding hydrogens is 394 g/mol. The summed E-state index contributed by atoms with van der Waals surface area (Å²) in [5, 5.41) is 13.8. The molecule has 2 aromatic carbocycles. The summed E-state index contributed by atoms with van der Waals surface area (Å²) in [6, 6.07) is 8.70. The third-order valence-electron chi connectivity index (χ3n) is 4.55. The Balaban J connectivity index is 2.47. The number of nitro benzene ring substituents is 1. The van der Waals surface area contributed by atoms with Crippen LogP contribution in [-0.2, 0) is 14.8 Å². The van der Waals surface area contributed by atoms with E-state index < -0.39 is 26.9 Å². The second-order valence-electron chi connectivity index (χ2n) is 7.02. The van der Waals surface area contributed by atoms with Gasteiger partial charge in [0.05, 0.1) is 28.1 Å². The highest BCUT2D eigenvalue weighted by Gasteiger charge is 2.32. The number of amides is 1. The molecule has 0 aliphatic heterocycles. The van der Waals surface area contributed by atoms with Gasteiger partial charge in [-0.3, -0.25) is 19.2 Å². The molecule has 0 aliphatic rings. The van der Waals surface area contributed by atoms with Crippen molar-refractivity contribution in [1.29, 1.82) is 0 Å². The molecule has 0 unspecified atom stereocenters. The van der Waals surface area contributed by atoms with Crippen molar-refractivity contribution in [3.63, 3.8) is 0 Å². The first-order chi connectivity index (χ1) is 13.5. The van der Waals surface area contributed by atoms with Crippen LogP contribution < -0.4 is 9.62 Å². The number of rotatable bonds is 7. The third-order valence-corrected chi connectivity index (χ3v) is 5.73. The monoisotopic (exact) mass is 419 g/mol. The zero-order valence-electron chi connectivity index (χ0n) is 17.1. The Hall–Kier alpha value is -2.94. The Bertz CT molecular complexity index is 1030. The van der Waals surface area contributed by atoms with Gasteiger partial charge in [-0.15, -0.1) is 0 Å². The first-order valence-electron chi connectivity index (χ1n) is 9.08. The van der Waals surface area contributed by atoms with E-state index in [0.717, 1.165) is 21.7 Å². The maximum Gasteiger partial charge on any atom is 0.274 e. The molecule has 0 aromatic heterocycles. The van der Waals surface area contributed by atoms with E-state index in [4.69, 9.17) is 0 Å². The van der Waals surface area contributed by atoms with Gasteiger partial charge >= 0.3 is 0 Å². The van der Waals surface area contributed by atoms with Crippen molar-refractivity contribution in [1.82, 2.24) is 0 Å². The molecule has 8 nitrogen and oxygen atoms in total. The largest absolute Gasteiger partial charge is 0.324 e. The zero-order valence-corrected chi connectivity index (χ0v) is 17.9. The van der Waals surface area contributed by atoms with Crippen molar-refractivity contribution in [2.24, 2.45) is 0 Å². The summed E-state index contributed by atoms with van der Waals surface area (Å²) in [5.41, 5.74) is 2.61. The lowest BCUT2D eigenvalue weighted by Gasteiger charge is -2.30. The van der Waals surface area contributed by atoms with Crippen LogP contribution in [0.25, 0.3) is 0 Å². The van der Waals surface area contributed by atoms with Crippen LogP contribution >= 0.6 is 0 Å². The van der Waals surface area contributed by atoms with Crippen molar-refractivity contribution in [3.8, 4) is 0 Å². The van der Waals surface area contributed by atoms with E-state index >= 15 is 0 Å². The predicted molar refractivity (Wildman–Crippen MR) is 114 cm³/mol. The van der Waals surface area contributed by atoms with Crippen LogP contribution in [0, 0.1) is 30.9 Å². The number of hydrogen-bond donors (Lipinski definition) is 1. The van der Waals surface area contributed by atoms with Crippen LogP contribution in [0.15, 0.2) is 36.4 Å². The summed E-state index contributed by atoms with van der Waals surface area (Å²) < 4.78 is 26.3. The number of carbonyl (C=O) groups excluding carboxylic acids is 1. The van der Waals surface area contributed by atoms with Crippen LogP contribution in [0.3, 0.4) is 0 Å². The lowest BCUT2D eigenvalue weighted by Crippen LogP contribution is -2.47. The fourth-order valence-electron chi connectivity index (χ4n) is 3.31. The predicted octanol–water partition coefficient (Wildman–Crippen LogP) is 3.70. The maximum atomic E-state index is 13.0. The van der Waals surface area contributed by atoms with Gasteiger partial charge in [0.2, 0.25) is 15.9 Å². The van der Waals surface area contributed by atoms with Gasteiger partial charge in [-0.05, 0) is 56.5 Å². The van der Waals surface area contributed by atoms with Gasteiger partial charge in [-0.25, -0.2) is 8.42 Å².